The van der Waals surface area contributed by atoms with Gasteiger partial charge in [-0.15, -0.1) is 0 Å². The first-order valence-electron chi connectivity index (χ1n) is 20.8. The summed E-state index contributed by atoms with van der Waals surface area (Å²) < 4.78 is 0. The van der Waals surface area contributed by atoms with Crippen LogP contribution in [0.1, 0.15) is 47.2 Å². The third-order valence-corrected chi connectivity index (χ3v) is 13.5. The molecule has 0 aliphatic heterocycles. The Morgan fingerprint density at radius 2 is 0.763 bits per heavy atom. The number of hydrogen-bond donors (Lipinski definition) is 0. The predicted molar refractivity (Wildman–Crippen MR) is 246 cm³/mol. The highest BCUT2D eigenvalue weighted by Crippen LogP contribution is 2.63. The molecular formula is C58H41N. The van der Waals surface area contributed by atoms with Crippen LogP contribution in [0.15, 0.2) is 212 Å². The van der Waals surface area contributed by atoms with Gasteiger partial charge in [0.15, 0.2) is 0 Å². The van der Waals surface area contributed by atoms with E-state index in [0.29, 0.717) is 0 Å². The molecule has 0 saturated carbocycles. The fourth-order valence-corrected chi connectivity index (χ4v) is 10.9. The molecule has 12 rings (SSSR count). The monoisotopic (exact) mass is 751 g/mol. The second-order valence-electron chi connectivity index (χ2n) is 16.8. The van der Waals surface area contributed by atoms with Crippen molar-refractivity contribution in [2.24, 2.45) is 0 Å². The van der Waals surface area contributed by atoms with Gasteiger partial charge >= 0.3 is 0 Å². The van der Waals surface area contributed by atoms with E-state index in [1.54, 1.807) is 0 Å². The van der Waals surface area contributed by atoms with Crippen LogP contribution in [-0.2, 0) is 10.8 Å². The van der Waals surface area contributed by atoms with E-state index in [0.717, 1.165) is 17.1 Å². The summed E-state index contributed by atoms with van der Waals surface area (Å²) in [6, 6.07) is 79.2. The van der Waals surface area contributed by atoms with Crippen LogP contribution in [0.3, 0.4) is 0 Å². The molecule has 0 heterocycles. The molecule has 0 N–H and O–H groups in total. The van der Waals surface area contributed by atoms with Crippen LogP contribution >= 0.6 is 0 Å². The van der Waals surface area contributed by atoms with Crippen LogP contribution < -0.4 is 4.90 Å². The fourth-order valence-electron chi connectivity index (χ4n) is 10.9. The summed E-state index contributed by atoms with van der Waals surface area (Å²) >= 11 is 0. The van der Waals surface area contributed by atoms with Crippen LogP contribution in [0.5, 0.6) is 0 Å². The summed E-state index contributed by atoms with van der Waals surface area (Å²) in [5.74, 6) is 0. The minimum absolute atomic E-state index is 0.138. The van der Waals surface area contributed by atoms with Gasteiger partial charge in [-0.1, -0.05) is 190 Å². The van der Waals surface area contributed by atoms with Crippen molar-refractivity contribution in [1.82, 2.24) is 0 Å². The molecule has 9 aromatic rings. The molecule has 3 aliphatic carbocycles. The molecule has 0 fully saturated rings. The van der Waals surface area contributed by atoms with E-state index in [1.807, 2.05) is 0 Å². The van der Waals surface area contributed by atoms with Crippen LogP contribution in [-0.4, -0.2) is 0 Å². The average molecular weight is 752 g/mol. The zero-order chi connectivity index (χ0) is 39.3. The average Bonchev–Trinajstić information content (AvgIpc) is 3.85. The molecule has 0 atom stereocenters. The first kappa shape index (κ1) is 33.9. The topological polar surface area (TPSA) is 3.24 Å². The van der Waals surface area contributed by atoms with Gasteiger partial charge in [-0.3, -0.25) is 0 Å². The van der Waals surface area contributed by atoms with Crippen molar-refractivity contribution in [2.75, 3.05) is 4.90 Å². The molecule has 0 radical (unpaired) electrons. The van der Waals surface area contributed by atoms with Crippen molar-refractivity contribution in [1.29, 1.82) is 0 Å². The zero-order valence-corrected chi connectivity index (χ0v) is 33.2. The molecule has 3 aliphatic rings. The van der Waals surface area contributed by atoms with Gasteiger partial charge < -0.3 is 4.90 Å². The van der Waals surface area contributed by atoms with Gasteiger partial charge in [-0.2, -0.15) is 0 Å². The number of benzene rings is 9. The van der Waals surface area contributed by atoms with Gasteiger partial charge in [-0.05, 0) is 125 Å². The quantitative estimate of drug-likeness (QED) is 0.169. The van der Waals surface area contributed by atoms with E-state index >= 15 is 0 Å². The lowest BCUT2D eigenvalue weighted by Crippen LogP contribution is -2.26. The van der Waals surface area contributed by atoms with Crippen molar-refractivity contribution < 1.29 is 0 Å². The summed E-state index contributed by atoms with van der Waals surface area (Å²) in [4.78, 5) is 2.49. The number of anilines is 3. The van der Waals surface area contributed by atoms with Gasteiger partial charge in [0.1, 0.15) is 0 Å². The van der Waals surface area contributed by atoms with Crippen LogP contribution in [0.25, 0.3) is 55.6 Å². The fraction of sp³-hybridized carbons (Fsp3) is 0.0690. The van der Waals surface area contributed by atoms with E-state index in [-0.39, 0.29) is 5.41 Å². The predicted octanol–water partition coefficient (Wildman–Crippen LogP) is 15.1. The van der Waals surface area contributed by atoms with E-state index in [2.05, 4.69) is 231 Å². The summed E-state index contributed by atoms with van der Waals surface area (Å²) in [6.45, 7) is 4.75. The molecule has 0 bridgehead atoms. The molecule has 0 unspecified atom stereocenters. The van der Waals surface area contributed by atoms with Crippen LogP contribution in [0.4, 0.5) is 17.1 Å². The van der Waals surface area contributed by atoms with Crippen molar-refractivity contribution in [3.05, 3.63) is 246 Å². The maximum absolute atomic E-state index is 2.50. The molecule has 1 spiro atoms. The molecule has 1 heteroatoms. The van der Waals surface area contributed by atoms with Gasteiger partial charge in [-0.25, -0.2) is 0 Å². The lowest BCUT2D eigenvalue weighted by Gasteiger charge is -2.32. The smallest absolute Gasteiger partial charge is 0.0726 e. The highest BCUT2D eigenvalue weighted by molar-refractivity contribution is 5.98. The number of rotatable bonds is 5. The molecular weight excluding hydrogens is 711 g/mol. The number of fused-ring (bicyclic) bond motifs is 13. The van der Waals surface area contributed by atoms with E-state index in [9.17, 15) is 0 Å². The van der Waals surface area contributed by atoms with Crippen molar-refractivity contribution in [2.45, 2.75) is 24.7 Å². The Balaban J connectivity index is 1.12. The third-order valence-electron chi connectivity index (χ3n) is 13.5. The second-order valence-corrected chi connectivity index (χ2v) is 16.8. The lowest BCUT2D eigenvalue weighted by atomic mass is 9.70. The van der Waals surface area contributed by atoms with Crippen molar-refractivity contribution >= 4 is 17.1 Å². The molecule has 0 saturated heterocycles. The van der Waals surface area contributed by atoms with Crippen LogP contribution in [0.2, 0.25) is 0 Å². The first-order valence-corrected chi connectivity index (χ1v) is 20.8. The SMILES string of the molecule is CC1(C)c2ccc(N(c3cccc(-c4ccccc4)c3)c3ccc4c(c3)C3(c5ccccc5-c5ccccc53)c3ccccc3-4)cc2-c2c(-c3ccccc3)cccc21. The van der Waals surface area contributed by atoms with E-state index in [4.69, 9.17) is 0 Å². The molecule has 0 aromatic heterocycles. The molecule has 0 amide bonds. The van der Waals surface area contributed by atoms with E-state index in [1.165, 1.54) is 89.0 Å². The number of hydrogen-bond acceptors (Lipinski definition) is 1. The summed E-state index contributed by atoms with van der Waals surface area (Å²) in [7, 11) is 0. The van der Waals surface area contributed by atoms with Crippen molar-refractivity contribution in [3.63, 3.8) is 0 Å². The van der Waals surface area contributed by atoms with Gasteiger partial charge in [0, 0.05) is 22.5 Å². The number of nitrogens with zero attached hydrogens (tertiary/aromatic N) is 1. The summed E-state index contributed by atoms with van der Waals surface area (Å²) in [5, 5.41) is 0. The van der Waals surface area contributed by atoms with Gasteiger partial charge in [0.2, 0.25) is 0 Å². The van der Waals surface area contributed by atoms with Crippen molar-refractivity contribution in [3.8, 4) is 55.6 Å². The molecule has 1 nitrogen and oxygen atoms in total. The first-order chi connectivity index (χ1) is 29.0. The second kappa shape index (κ2) is 12.6. The Morgan fingerprint density at radius 3 is 1.42 bits per heavy atom. The maximum Gasteiger partial charge on any atom is 0.0726 e. The summed E-state index contributed by atoms with van der Waals surface area (Å²) in [5.41, 5.74) is 23.7. The maximum atomic E-state index is 2.50. The minimum atomic E-state index is -0.432. The van der Waals surface area contributed by atoms with Gasteiger partial charge in [0.05, 0.1) is 5.41 Å². The Hall–Kier alpha value is -7.22. The Labute approximate surface area is 346 Å². The standard InChI is InChI=1S/C58H41N/c1-57(2)50-34-32-42(36-49(50)56-44(26-16-30-54(56)57)39-19-7-4-8-20-39)59(41-22-15-21-40(35-41)38-17-5-3-6-18-38)43-31-33-48-47-25-11-14-29-53(47)58(55(48)37-43)51-27-12-9-23-45(51)46-24-10-13-28-52(46)58/h3-37H,1-2H3. The van der Waals surface area contributed by atoms with E-state index < -0.39 is 5.41 Å². The Kier molecular flexibility index (Phi) is 7.26. The molecule has 278 valence electrons. The Morgan fingerprint density at radius 1 is 0.288 bits per heavy atom. The molecule has 59 heavy (non-hydrogen) atoms. The lowest BCUT2D eigenvalue weighted by molar-refractivity contribution is 0.660. The zero-order valence-electron chi connectivity index (χ0n) is 33.2. The highest BCUT2D eigenvalue weighted by Gasteiger charge is 2.51. The Bertz CT molecular complexity index is 3070. The minimum Gasteiger partial charge on any atom is -0.310 e. The van der Waals surface area contributed by atoms with Crippen LogP contribution in [0, 0.1) is 0 Å². The highest BCUT2D eigenvalue weighted by atomic mass is 15.1. The summed E-state index contributed by atoms with van der Waals surface area (Å²) in [6.07, 6.45) is 0. The largest absolute Gasteiger partial charge is 0.310 e. The van der Waals surface area contributed by atoms with Gasteiger partial charge in [0.25, 0.3) is 0 Å². The normalized spacial score (nSPS) is 14.2. The molecule has 9 aromatic carbocycles. The third kappa shape index (κ3) is 4.73.